The van der Waals surface area contributed by atoms with Gasteiger partial charge in [0, 0.05) is 17.5 Å². The molecular weight excluding hydrogens is 580 g/mol. The molecule has 0 radical (unpaired) electrons. The molecule has 2 amide bonds. The summed E-state index contributed by atoms with van der Waals surface area (Å²) in [7, 11) is 0. The van der Waals surface area contributed by atoms with E-state index in [1.807, 2.05) is 6.07 Å². The fraction of sp³-hybridized carbons (Fsp3) is 0.0968. The molecule has 222 valence electrons. The van der Waals surface area contributed by atoms with Crippen LogP contribution in [-0.4, -0.2) is 27.6 Å². The third-order valence-corrected chi connectivity index (χ3v) is 6.74. The van der Waals surface area contributed by atoms with Crippen molar-refractivity contribution in [3.8, 4) is 39.8 Å². The lowest BCUT2D eigenvalue weighted by molar-refractivity contribution is -0.137. The van der Waals surface area contributed by atoms with Crippen LogP contribution in [0.4, 0.5) is 39.5 Å². The number of pyridine rings is 1. The van der Waals surface area contributed by atoms with E-state index in [0.717, 1.165) is 29.6 Å². The maximum atomic E-state index is 13.6. The van der Waals surface area contributed by atoms with Gasteiger partial charge in [-0.15, -0.1) is 0 Å². The number of amides is 2. The molecule has 5 aromatic rings. The Morgan fingerprint density at radius 1 is 0.864 bits per heavy atom. The third kappa shape index (κ3) is 6.21. The number of nitrogens with zero attached hydrogens (tertiary/aromatic N) is 3. The molecule has 3 aromatic carbocycles. The number of carbonyl (C=O) groups excluding carboxylic acids is 1. The van der Waals surface area contributed by atoms with Gasteiger partial charge in [0.2, 0.25) is 0 Å². The highest BCUT2D eigenvalue weighted by Crippen LogP contribution is 2.38. The summed E-state index contributed by atoms with van der Waals surface area (Å²) in [5.74, 6) is 0.766. The summed E-state index contributed by atoms with van der Waals surface area (Å²) in [6.45, 7) is 0.529. The molecule has 1 aliphatic rings. The van der Waals surface area contributed by atoms with Gasteiger partial charge in [-0.1, -0.05) is 24.3 Å². The number of halogens is 4. The van der Waals surface area contributed by atoms with Gasteiger partial charge < -0.3 is 25.8 Å². The van der Waals surface area contributed by atoms with Gasteiger partial charge in [0.15, 0.2) is 0 Å². The largest absolute Gasteiger partial charge is 0.493 e. The molecule has 3 heterocycles. The van der Waals surface area contributed by atoms with Crippen LogP contribution in [0, 0.1) is 5.82 Å². The van der Waals surface area contributed by atoms with Crippen molar-refractivity contribution < 1.29 is 31.8 Å². The number of anilines is 3. The molecule has 0 spiro atoms. The number of nitrogens with two attached hydrogens (primary N) is 1. The van der Waals surface area contributed by atoms with Crippen LogP contribution < -0.4 is 25.8 Å². The number of nitrogen functional groups attached to an aromatic ring is 1. The van der Waals surface area contributed by atoms with Crippen LogP contribution in [0.25, 0.3) is 22.3 Å². The van der Waals surface area contributed by atoms with E-state index in [1.165, 1.54) is 24.5 Å². The van der Waals surface area contributed by atoms with Gasteiger partial charge in [0.05, 0.1) is 42.1 Å². The Kier molecular flexibility index (Phi) is 7.43. The summed E-state index contributed by atoms with van der Waals surface area (Å²) in [5, 5.41) is 5.03. The van der Waals surface area contributed by atoms with Crippen molar-refractivity contribution in [2.45, 2.75) is 12.6 Å². The number of aromatic nitrogens is 3. The third-order valence-electron chi connectivity index (χ3n) is 6.74. The lowest BCUT2D eigenvalue weighted by Crippen LogP contribution is -2.20. The molecule has 0 saturated carbocycles. The highest BCUT2D eigenvalue weighted by Gasteiger charge is 2.31. The van der Waals surface area contributed by atoms with Gasteiger partial charge in [-0.2, -0.15) is 13.2 Å². The first-order chi connectivity index (χ1) is 21.1. The molecular formula is C31H22F4N6O3. The van der Waals surface area contributed by atoms with Gasteiger partial charge in [-0.3, -0.25) is 0 Å². The molecule has 6 rings (SSSR count). The predicted octanol–water partition coefficient (Wildman–Crippen LogP) is 7.32. The van der Waals surface area contributed by atoms with E-state index >= 15 is 0 Å². The molecule has 0 atom stereocenters. The number of carbonyl (C=O) groups is 1. The first-order valence-corrected chi connectivity index (χ1v) is 13.2. The second kappa shape index (κ2) is 11.5. The number of fused-ring (bicyclic) bond motifs is 1. The average molecular weight is 603 g/mol. The zero-order chi connectivity index (χ0) is 30.8. The van der Waals surface area contributed by atoms with E-state index in [2.05, 4.69) is 25.6 Å². The molecule has 9 nitrogen and oxygen atoms in total. The summed E-state index contributed by atoms with van der Waals surface area (Å²) < 4.78 is 65.2. The van der Waals surface area contributed by atoms with Crippen molar-refractivity contribution in [3.63, 3.8) is 0 Å². The van der Waals surface area contributed by atoms with Gasteiger partial charge in [0.1, 0.15) is 23.1 Å². The van der Waals surface area contributed by atoms with Crippen molar-refractivity contribution >= 4 is 23.2 Å². The van der Waals surface area contributed by atoms with Crippen LogP contribution in [-0.2, 0) is 12.6 Å². The fourth-order valence-electron chi connectivity index (χ4n) is 4.64. The lowest BCUT2D eigenvalue weighted by Gasteiger charge is -2.16. The minimum Gasteiger partial charge on any atom is -0.493 e. The molecule has 0 unspecified atom stereocenters. The summed E-state index contributed by atoms with van der Waals surface area (Å²) in [4.78, 5) is 24.8. The van der Waals surface area contributed by atoms with Crippen LogP contribution in [0.3, 0.4) is 0 Å². The Morgan fingerprint density at radius 3 is 2.36 bits per heavy atom. The molecule has 13 heteroatoms. The van der Waals surface area contributed by atoms with Crippen LogP contribution in [0.2, 0.25) is 0 Å². The van der Waals surface area contributed by atoms with Crippen LogP contribution >= 0.6 is 0 Å². The van der Waals surface area contributed by atoms with Crippen molar-refractivity contribution in [1.29, 1.82) is 0 Å². The topological polar surface area (TPSA) is 124 Å². The molecule has 1 aliphatic heterocycles. The van der Waals surface area contributed by atoms with Crippen molar-refractivity contribution in [3.05, 3.63) is 102 Å². The maximum absolute atomic E-state index is 13.6. The van der Waals surface area contributed by atoms with Gasteiger partial charge in [0.25, 0.3) is 0 Å². The lowest BCUT2D eigenvalue weighted by atomic mass is 9.98. The standard InChI is InChI=1S/C31H22F4N6O3/c32-21-13-25(28(36)37-14-21)17-1-5-23(6-2-17)44-30-38-15-22(16-39-30)40-29(42)41-26-12-20(31(33,34)35)4-7-24(26)18-3-8-27-19(11-18)9-10-43-27/h1-8,11-16H,9-10H2,(H2,36,37)(H2,40,41,42). The quantitative estimate of drug-likeness (QED) is 0.174. The monoisotopic (exact) mass is 602 g/mol. The summed E-state index contributed by atoms with van der Waals surface area (Å²) >= 11 is 0. The van der Waals surface area contributed by atoms with Crippen LogP contribution in [0.5, 0.6) is 17.5 Å². The Bertz CT molecular complexity index is 1850. The predicted molar refractivity (Wildman–Crippen MR) is 155 cm³/mol. The number of alkyl halides is 3. The van der Waals surface area contributed by atoms with Crippen LogP contribution in [0.1, 0.15) is 11.1 Å². The minimum absolute atomic E-state index is 0.0311. The van der Waals surface area contributed by atoms with Crippen LogP contribution in [0.15, 0.2) is 85.3 Å². The zero-order valence-corrected chi connectivity index (χ0v) is 22.7. The summed E-state index contributed by atoms with van der Waals surface area (Å²) in [6.07, 6.45) is -0.333. The van der Waals surface area contributed by atoms with Gasteiger partial charge in [-0.05, 0) is 59.2 Å². The summed E-state index contributed by atoms with van der Waals surface area (Å²) in [5.41, 5.74) is 8.10. The molecule has 4 N–H and O–H groups in total. The van der Waals surface area contributed by atoms with E-state index < -0.39 is 23.6 Å². The molecule has 0 saturated heterocycles. The first-order valence-electron chi connectivity index (χ1n) is 13.2. The molecule has 2 aromatic heterocycles. The molecule has 0 aliphatic carbocycles. The number of nitrogens with one attached hydrogen (secondary N) is 2. The second-order valence-electron chi connectivity index (χ2n) is 9.73. The number of hydrogen-bond acceptors (Lipinski definition) is 7. The Morgan fingerprint density at radius 2 is 1.61 bits per heavy atom. The van der Waals surface area contributed by atoms with E-state index in [1.54, 1.807) is 36.4 Å². The molecule has 44 heavy (non-hydrogen) atoms. The Labute approximate surface area is 247 Å². The van der Waals surface area contributed by atoms with Crippen molar-refractivity contribution in [2.75, 3.05) is 23.0 Å². The molecule has 0 bridgehead atoms. The summed E-state index contributed by atoms with van der Waals surface area (Å²) in [6, 6.07) is 15.5. The van der Waals surface area contributed by atoms with Crippen molar-refractivity contribution in [2.24, 2.45) is 0 Å². The fourth-order valence-corrected chi connectivity index (χ4v) is 4.64. The highest BCUT2D eigenvalue weighted by atomic mass is 19.4. The van der Waals surface area contributed by atoms with E-state index in [-0.39, 0.29) is 23.2 Å². The van der Waals surface area contributed by atoms with E-state index in [9.17, 15) is 22.4 Å². The maximum Gasteiger partial charge on any atom is 0.416 e. The second-order valence-corrected chi connectivity index (χ2v) is 9.73. The van der Waals surface area contributed by atoms with Gasteiger partial charge in [-0.25, -0.2) is 24.1 Å². The number of hydrogen-bond donors (Lipinski definition) is 3. The SMILES string of the molecule is Nc1ncc(F)cc1-c1ccc(Oc2ncc(NC(=O)Nc3cc(C(F)(F)F)ccc3-c3ccc4c(c3)CCO4)cn2)cc1. The molecule has 0 fully saturated rings. The zero-order valence-electron chi connectivity index (χ0n) is 22.7. The number of rotatable bonds is 6. The first kappa shape index (κ1) is 28.4. The van der Waals surface area contributed by atoms with Crippen molar-refractivity contribution in [1.82, 2.24) is 15.0 Å². The number of urea groups is 1. The number of ether oxygens (including phenoxy) is 2. The average Bonchev–Trinajstić information content (AvgIpc) is 3.47. The van der Waals surface area contributed by atoms with E-state index in [4.69, 9.17) is 15.2 Å². The smallest absolute Gasteiger partial charge is 0.416 e. The van der Waals surface area contributed by atoms with E-state index in [0.29, 0.717) is 41.0 Å². The number of benzene rings is 3. The normalized spacial score (nSPS) is 12.3. The highest BCUT2D eigenvalue weighted by molar-refractivity contribution is 6.02. The Balaban J connectivity index is 1.14. The Hall–Kier alpha value is -5.72. The minimum atomic E-state index is -4.61. The van der Waals surface area contributed by atoms with Gasteiger partial charge >= 0.3 is 18.2 Å².